The molecule has 1 aliphatic rings. The van der Waals surface area contributed by atoms with Crippen molar-refractivity contribution in [1.29, 1.82) is 0 Å². The van der Waals surface area contributed by atoms with Gasteiger partial charge in [-0.3, -0.25) is 10.1 Å². The molecule has 0 heterocycles. The summed E-state index contributed by atoms with van der Waals surface area (Å²) in [4.78, 5) is 10.7. The number of rotatable bonds is 8. The average Bonchev–Trinajstić information content (AvgIpc) is 3.51. The van der Waals surface area contributed by atoms with Crippen molar-refractivity contribution in [3.05, 3.63) is 63.7 Å². The molecule has 1 atom stereocenters. The fourth-order valence-corrected chi connectivity index (χ4v) is 4.95. The second-order valence-corrected chi connectivity index (χ2v) is 9.07. The Morgan fingerprint density at radius 2 is 1.86 bits per heavy atom. The molecule has 3 rings (SSSR count). The number of aryl methyl sites for hydroxylation is 1. The molecule has 0 amide bonds. The zero-order chi connectivity index (χ0) is 20.5. The van der Waals surface area contributed by atoms with Crippen LogP contribution in [0.1, 0.15) is 30.9 Å². The molecule has 1 fully saturated rings. The number of nitro groups is 1. The monoisotopic (exact) mass is 404 g/mol. The quantitative estimate of drug-likeness (QED) is 0.492. The topological polar surface area (TPSA) is 89.8 Å². The summed E-state index contributed by atoms with van der Waals surface area (Å²) in [6.45, 7) is 3.70. The Morgan fingerprint density at radius 1 is 1.21 bits per heavy atom. The number of benzene rings is 2. The fourth-order valence-electron chi connectivity index (χ4n) is 3.25. The first kappa shape index (κ1) is 20.3. The second kappa shape index (κ2) is 7.89. The minimum Gasteiger partial charge on any atom is -0.497 e. The molecule has 0 N–H and O–H groups in total. The van der Waals surface area contributed by atoms with Gasteiger partial charge in [-0.15, -0.1) is 0 Å². The van der Waals surface area contributed by atoms with Crippen LogP contribution in [0.3, 0.4) is 0 Å². The van der Waals surface area contributed by atoms with Crippen molar-refractivity contribution in [2.75, 3.05) is 7.11 Å². The number of hydrogen-bond donors (Lipinski definition) is 0. The van der Waals surface area contributed by atoms with Crippen LogP contribution in [0.2, 0.25) is 0 Å². The van der Waals surface area contributed by atoms with E-state index in [1.54, 1.807) is 26.2 Å². The van der Waals surface area contributed by atoms with E-state index in [1.165, 1.54) is 16.4 Å². The van der Waals surface area contributed by atoms with Gasteiger partial charge in [-0.1, -0.05) is 18.2 Å². The largest absolute Gasteiger partial charge is 0.497 e. The third kappa shape index (κ3) is 4.18. The van der Waals surface area contributed by atoms with E-state index in [2.05, 4.69) is 0 Å². The SMILES string of the molecule is COc1ccc(CN(C(C)C2CC2)S(=O)(=O)c2ccc(C)c([N+](=O)[O-])c2)cc1. The number of hydrogen-bond acceptors (Lipinski definition) is 5. The predicted molar refractivity (Wildman–Crippen MR) is 106 cm³/mol. The van der Waals surface area contributed by atoms with Gasteiger partial charge in [-0.05, 0) is 56.4 Å². The molecule has 2 aromatic carbocycles. The number of ether oxygens (including phenoxy) is 1. The Kier molecular flexibility index (Phi) is 5.71. The molecule has 0 aromatic heterocycles. The van der Waals surface area contributed by atoms with E-state index in [0.29, 0.717) is 17.2 Å². The van der Waals surface area contributed by atoms with Crippen LogP contribution in [0.5, 0.6) is 5.75 Å². The van der Waals surface area contributed by atoms with Gasteiger partial charge in [0, 0.05) is 24.2 Å². The van der Waals surface area contributed by atoms with Gasteiger partial charge in [-0.25, -0.2) is 8.42 Å². The summed E-state index contributed by atoms with van der Waals surface area (Å²) in [7, 11) is -2.32. The maximum atomic E-state index is 13.4. The minimum absolute atomic E-state index is 0.0502. The number of methoxy groups -OCH3 is 1. The summed E-state index contributed by atoms with van der Waals surface area (Å²) in [5.41, 5.74) is 1.07. The maximum Gasteiger partial charge on any atom is 0.273 e. The molecule has 1 unspecified atom stereocenters. The van der Waals surface area contributed by atoms with Crippen molar-refractivity contribution in [2.24, 2.45) is 5.92 Å². The van der Waals surface area contributed by atoms with Crippen molar-refractivity contribution in [1.82, 2.24) is 4.31 Å². The van der Waals surface area contributed by atoms with Gasteiger partial charge < -0.3 is 4.74 Å². The molecular weight excluding hydrogens is 380 g/mol. The lowest BCUT2D eigenvalue weighted by molar-refractivity contribution is -0.385. The lowest BCUT2D eigenvalue weighted by atomic mass is 10.1. The Morgan fingerprint density at radius 3 is 2.39 bits per heavy atom. The zero-order valence-electron chi connectivity index (χ0n) is 16.2. The molecule has 8 heteroatoms. The lowest BCUT2D eigenvalue weighted by Gasteiger charge is -2.28. The van der Waals surface area contributed by atoms with Crippen LogP contribution in [0.4, 0.5) is 5.69 Å². The van der Waals surface area contributed by atoms with Crippen molar-refractivity contribution in [3.63, 3.8) is 0 Å². The third-order valence-electron chi connectivity index (χ3n) is 5.24. The van der Waals surface area contributed by atoms with E-state index in [9.17, 15) is 18.5 Å². The van der Waals surface area contributed by atoms with Crippen LogP contribution in [0, 0.1) is 23.0 Å². The van der Waals surface area contributed by atoms with Crippen molar-refractivity contribution in [3.8, 4) is 5.75 Å². The van der Waals surface area contributed by atoms with Crippen LogP contribution >= 0.6 is 0 Å². The van der Waals surface area contributed by atoms with Gasteiger partial charge in [0.1, 0.15) is 5.75 Å². The highest BCUT2D eigenvalue weighted by Crippen LogP contribution is 2.38. The summed E-state index contributed by atoms with van der Waals surface area (Å²) >= 11 is 0. The maximum absolute atomic E-state index is 13.4. The number of nitro benzene ring substituents is 1. The van der Waals surface area contributed by atoms with Crippen LogP contribution in [0.25, 0.3) is 0 Å². The van der Waals surface area contributed by atoms with Crippen LogP contribution in [-0.2, 0) is 16.6 Å². The molecule has 28 heavy (non-hydrogen) atoms. The first-order chi connectivity index (χ1) is 13.2. The van der Waals surface area contributed by atoms with Gasteiger partial charge in [0.15, 0.2) is 0 Å². The molecule has 150 valence electrons. The normalized spacial score (nSPS) is 15.4. The second-order valence-electron chi connectivity index (χ2n) is 7.18. The standard InChI is InChI=1S/C20H24N2O5S/c1-14-4-11-19(12-20(14)22(23)24)28(25,26)21(15(2)17-7-8-17)13-16-5-9-18(27-3)10-6-16/h4-6,9-12,15,17H,7-8,13H2,1-3H3. The summed E-state index contributed by atoms with van der Waals surface area (Å²) in [6.07, 6.45) is 1.98. The Hall–Kier alpha value is -2.45. The predicted octanol–water partition coefficient (Wildman–Crippen LogP) is 3.90. The minimum atomic E-state index is -3.89. The first-order valence-electron chi connectivity index (χ1n) is 9.14. The molecule has 2 aromatic rings. The first-order valence-corrected chi connectivity index (χ1v) is 10.6. The Labute approximate surface area is 165 Å². The number of nitrogens with zero attached hydrogens (tertiary/aromatic N) is 2. The van der Waals surface area contributed by atoms with Crippen molar-refractivity contribution >= 4 is 15.7 Å². The highest BCUT2D eigenvalue weighted by molar-refractivity contribution is 7.89. The lowest BCUT2D eigenvalue weighted by Crippen LogP contribution is -2.39. The fraction of sp³-hybridized carbons (Fsp3) is 0.400. The van der Waals surface area contributed by atoms with Crippen molar-refractivity contribution < 1.29 is 18.1 Å². The number of sulfonamides is 1. The van der Waals surface area contributed by atoms with Crippen LogP contribution in [-0.4, -0.2) is 30.8 Å². The zero-order valence-corrected chi connectivity index (χ0v) is 17.0. The summed E-state index contributed by atoms with van der Waals surface area (Å²) < 4.78 is 33.4. The van der Waals surface area contributed by atoms with Gasteiger partial charge in [0.05, 0.1) is 16.9 Å². The van der Waals surface area contributed by atoms with Gasteiger partial charge in [-0.2, -0.15) is 4.31 Å². The van der Waals surface area contributed by atoms with E-state index < -0.39 is 14.9 Å². The van der Waals surface area contributed by atoms with E-state index in [0.717, 1.165) is 24.5 Å². The Bertz CT molecular complexity index is 969. The molecule has 7 nitrogen and oxygen atoms in total. The van der Waals surface area contributed by atoms with Crippen molar-refractivity contribution in [2.45, 2.75) is 44.2 Å². The Balaban J connectivity index is 1.98. The molecule has 0 spiro atoms. The summed E-state index contributed by atoms with van der Waals surface area (Å²) in [5.74, 6) is 1.01. The summed E-state index contributed by atoms with van der Waals surface area (Å²) in [5, 5.41) is 11.3. The highest BCUT2D eigenvalue weighted by Gasteiger charge is 2.38. The van der Waals surface area contributed by atoms with E-state index >= 15 is 0 Å². The average molecular weight is 404 g/mol. The van der Waals surface area contributed by atoms with Crippen LogP contribution < -0.4 is 4.74 Å². The molecule has 0 aliphatic heterocycles. The highest BCUT2D eigenvalue weighted by atomic mass is 32.2. The molecular formula is C20H24N2O5S. The van der Waals surface area contributed by atoms with Gasteiger partial charge in [0.25, 0.3) is 5.69 Å². The van der Waals surface area contributed by atoms with E-state index in [1.807, 2.05) is 19.1 Å². The third-order valence-corrected chi connectivity index (χ3v) is 7.17. The van der Waals surface area contributed by atoms with Gasteiger partial charge in [0.2, 0.25) is 10.0 Å². The van der Waals surface area contributed by atoms with E-state index in [4.69, 9.17) is 4.74 Å². The molecule has 0 saturated heterocycles. The molecule has 1 saturated carbocycles. The van der Waals surface area contributed by atoms with Crippen LogP contribution in [0.15, 0.2) is 47.4 Å². The summed E-state index contributed by atoms with van der Waals surface area (Å²) in [6, 6.07) is 11.1. The molecule has 1 aliphatic carbocycles. The molecule has 0 radical (unpaired) electrons. The molecule has 0 bridgehead atoms. The van der Waals surface area contributed by atoms with Gasteiger partial charge >= 0.3 is 0 Å². The van der Waals surface area contributed by atoms with E-state index in [-0.39, 0.29) is 23.2 Å². The smallest absolute Gasteiger partial charge is 0.273 e.